The maximum Gasteiger partial charge on any atom is 0.237 e. The molecule has 5 aromatic rings. The van der Waals surface area contributed by atoms with E-state index in [-0.39, 0.29) is 52.1 Å². The second-order valence-electron chi connectivity index (χ2n) is 11.6. The molecule has 1 aliphatic carbocycles. The summed E-state index contributed by atoms with van der Waals surface area (Å²) >= 11 is 6.61. The van der Waals surface area contributed by atoms with Crippen LogP contribution in [0.1, 0.15) is 44.5 Å². The molecule has 0 unspecified atom stereocenters. The summed E-state index contributed by atoms with van der Waals surface area (Å²) in [4.78, 5) is 45.7. The van der Waals surface area contributed by atoms with Gasteiger partial charge in [0.15, 0.2) is 5.75 Å². The summed E-state index contributed by atoms with van der Waals surface area (Å²) in [6.45, 7) is 2.16. The van der Waals surface area contributed by atoms with Crippen LogP contribution in [0, 0.1) is 5.92 Å². The molecule has 10 heteroatoms. The minimum absolute atomic E-state index is 0.0369. The fourth-order valence-corrected chi connectivity index (χ4v) is 6.99. The van der Waals surface area contributed by atoms with Crippen LogP contribution in [0.3, 0.4) is 0 Å². The van der Waals surface area contributed by atoms with Crippen molar-refractivity contribution in [1.29, 1.82) is 0 Å². The highest BCUT2D eigenvalue weighted by atomic mass is 35.5. The molecule has 1 aliphatic heterocycles. The quantitative estimate of drug-likeness (QED) is 0.189. The van der Waals surface area contributed by atoms with E-state index in [4.69, 9.17) is 30.2 Å². The lowest BCUT2D eigenvalue weighted by atomic mass is 9.70. The van der Waals surface area contributed by atoms with Crippen molar-refractivity contribution in [3.63, 3.8) is 0 Å². The molecule has 9 nitrogen and oxygen atoms in total. The SMILES string of the molecule is COc1cc(OC)c2c(c1Cl)O[C@@]1(C(=O)c3c(oc(-c4ccccc4)c3CC(=O)NCCc3c[nH]c4ccccc34)C[C@H]1C)C2=O. The molecule has 3 aromatic carbocycles. The van der Waals surface area contributed by atoms with Crippen LogP contribution < -0.4 is 19.5 Å². The number of carbonyl (C=O) groups excluding carboxylic acids is 3. The summed E-state index contributed by atoms with van der Waals surface area (Å²) in [5.74, 6) is -0.731. The Kier molecular flexibility index (Phi) is 7.36. The smallest absolute Gasteiger partial charge is 0.237 e. The molecule has 0 saturated carbocycles. The number of fused-ring (bicyclic) bond motifs is 3. The molecule has 2 aromatic heterocycles. The number of hydrogen-bond acceptors (Lipinski definition) is 7. The normalized spacial score (nSPS) is 18.4. The van der Waals surface area contributed by atoms with Gasteiger partial charge in [-0.3, -0.25) is 14.4 Å². The molecule has 0 fully saturated rings. The minimum Gasteiger partial charge on any atom is -0.496 e. The van der Waals surface area contributed by atoms with Gasteiger partial charge in [-0.1, -0.05) is 67.1 Å². The molecule has 0 radical (unpaired) electrons. The third kappa shape index (κ3) is 4.48. The van der Waals surface area contributed by atoms with Crippen molar-refractivity contribution in [3.05, 3.63) is 99.9 Å². The number of benzene rings is 3. The van der Waals surface area contributed by atoms with Gasteiger partial charge in [0.05, 0.1) is 26.2 Å². The van der Waals surface area contributed by atoms with Crippen LogP contribution in [0.5, 0.6) is 17.2 Å². The Morgan fingerprint density at radius 1 is 1.02 bits per heavy atom. The second-order valence-corrected chi connectivity index (χ2v) is 12.0. The van der Waals surface area contributed by atoms with Gasteiger partial charge in [-0.25, -0.2) is 0 Å². The first kappa shape index (κ1) is 29.7. The van der Waals surface area contributed by atoms with Crippen molar-refractivity contribution in [2.75, 3.05) is 20.8 Å². The number of furan rings is 1. The van der Waals surface area contributed by atoms with Crippen molar-refractivity contribution in [2.24, 2.45) is 5.92 Å². The van der Waals surface area contributed by atoms with Gasteiger partial charge in [0, 0.05) is 53.2 Å². The standard InChI is InChI=1S/C36H31ClN2O7/c1-19-15-26-29(34(41)36(19)35(42)30-25(43-2)17-27(44-3)31(37)33(30)46-36)23(32(45-26)20-9-5-4-6-10-20)16-28(40)38-14-13-21-18-39-24-12-8-7-11-22(21)24/h4-12,17-19,39H,13-16H2,1-3H3,(H,38,40)/t19-,36+/m1/s1. The van der Waals surface area contributed by atoms with E-state index in [0.29, 0.717) is 35.6 Å². The van der Waals surface area contributed by atoms with Gasteiger partial charge in [0.2, 0.25) is 23.1 Å². The highest BCUT2D eigenvalue weighted by molar-refractivity contribution is 6.36. The zero-order chi connectivity index (χ0) is 32.2. The van der Waals surface area contributed by atoms with Crippen LogP contribution >= 0.6 is 11.6 Å². The molecule has 1 amide bonds. The average molecular weight is 639 g/mol. The van der Waals surface area contributed by atoms with Crippen molar-refractivity contribution in [3.8, 4) is 28.6 Å². The minimum atomic E-state index is -1.92. The van der Waals surface area contributed by atoms with Crippen molar-refractivity contribution >= 4 is 40.0 Å². The first-order valence-corrected chi connectivity index (χ1v) is 15.4. The number of ether oxygens (including phenoxy) is 3. The van der Waals surface area contributed by atoms with E-state index < -0.39 is 23.1 Å². The number of Topliss-reactive ketones (excluding diaryl/α,β-unsaturated/α-hetero) is 2. The lowest BCUT2D eigenvalue weighted by molar-refractivity contribution is -0.120. The van der Waals surface area contributed by atoms with E-state index in [1.807, 2.05) is 60.8 Å². The van der Waals surface area contributed by atoms with Crippen LogP contribution in [-0.2, 0) is 24.1 Å². The first-order valence-electron chi connectivity index (χ1n) is 15.0. The maximum atomic E-state index is 14.7. The van der Waals surface area contributed by atoms with Gasteiger partial charge in [-0.2, -0.15) is 0 Å². The van der Waals surface area contributed by atoms with E-state index in [2.05, 4.69) is 10.3 Å². The lowest BCUT2D eigenvalue weighted by Gasteiger charge is -2.35. The number of H-pyrrole nitrogens is 1. The summed E-state index contributed by atoms with van der Waals surface area (Å²) in [6, 6.07) is 18.8. The molecule has 234 valence electrons. The van der Waals surface area contributed by atoms with Gasteiger partial charge < -0.3 is 28.9 Å². The summed E-state index contributed by atoms with van der Waals surface area (Å²) < 4.78 is 23.6. The molecule has 2 atom stereocenters. The van der Waals surface area contributed by atoms with Crippen LogP contribution in [0.25, 0.3) is 22.2 Å². The van der Waals surface area contributed by atoms with Crippen LogP contribution in [0.4, 0.5) is 0 Å². The van der Waals surface area contributed by atoms with Crippen molar-refractivity contribution in [1.82, 2.24) is 10.3 Å². The number of rotatable bonds is 8. The fraction of sp³-hybridized carbons (Fsp3) is 0.250. The monoisotopic (exact) mass is 638 g/mol. The highest BCUT2D eigenvalue weighted by Crippen LogP contribution is 2.54. The predicted molar refractivity (Wildman–Crippen MR) is 172 cm³/mol. The van der Waals surface area contributed by atoms with Crippen molar-refractivity contribution < 1.29 is 33.0 Å². The Morgan fingerprint density at radius 3 is 2.50 bits per heavy atom. The molecule has 2 aliphatic rings. The molecule has 3 heterocycles. The van der Waals surface area contributed by atoms with Gasteiger partial charge in [0.1, 0.15) is 33.6 Å². The summed E-state index contributed by atoms with van der Waals surface area (Å²) in [6.07, 6.45) is 2.66. The molecule has 46 heavy (non-hydrogen) atoms. The Hall–Kier alpha value is -5.02. The number of aromatic amines is 1. The van der Waals surface area contributed by atoms with E-state index in [1.54, 1.807) is 6.92 Å². The predicted octanol–water partition coefficient (Wildman–Crippen LogP) is 6.39. The Labute approximate surface area is 269 Å². The van der Waals surface area contributed by atoms with E-state index in [0.717, 1.165) is 16.5 Å². The van der Waals surface area contributed by atoms with Gasteiger partial charge >= 0.3 is 0 Å². The van der Waals surface area contributed by atoms with Gasteiger partial charge in [-0.05, 0) is 18.1 Å². The summed E-state index contributed by atoms with van der Waals surface area (Å²) in [7, 11) is 2.86. The number of methoxy groups -OCH3 is 2. The zero-order valence-corrected chi connectivity index (χ0v) is 26.2. The number of hydrogen-bond donors (Lipinski definition) is 2. The number of nitrogens with one attached hydrogen (secondary N) is 2. The van der Waals surface area contributed by atoms with Crippen LogP contribution in [0.15, 0.2) is 71.3 Å². The summed E-state index contributed by atoms with van der Waals surface area (Å²) in [5.41, 5.74) is 1.60. The zero-order valence-electron chi connectivity index (χ0n) is 25.5. The molecule has 1 spiro atoms. The van der Waals surface area contributed by atoms with E-state index in [1.165, 1.54) is 20.3 Å². The lowest BCUT2D eigenvalue weighted by Crippen LogP contribution is -2.56. The number of ketones is 2. The average Bonchev–Trinajstić information content (AvgIpc) is 3.74. The number of para-hydroxylation sites is 1. The number of aromatic nitrogens is 1. The Bertz CT molecular complexity index is 2030. The van der Waals surface area contributed by atoms with E-state index >= 15 is 0 Å². The molecule has 7 rings (SSSR count). The van der Waals surface area contributed by atoms with Crippen LogP contribution in [0.2, 0.25) is 5.02 Å². The second kappa shape index (κ2) is 11.4. The van der Waals surface area contributed by atoms with Gasteiger partial charge in [0.25, 0.3) is 0 Å². The number of amides is 1. The first-order chi connectivity index (χ1) is 22.3. The Morgan fingerprint density at radius 2 is 1.74 bits per heavy atom. The van der Waals surface area contributed by atoms with E-state index in [9.17, 15) is 14.4 Å². The topological polar surface area (TPSA) is 120 Å². The number of carbonyl (C=O) groups is 3. The maximum absolute atomic E-state index is 14.7. The summed E-state index contributed by atoms with van der Waals surface area (Å²) in [5, 5.41) is 4.18. The van der Waals surface area contributed by atoms with Crippen LogP contribution in [-0.4, -0.2) is 48.8 Å². The molecular formula is C36H31ClN2O7. The number of halogens is 1. The van der Waals surface area contributed by atoms with Crippen molar-refractivity contribution in [2.45, 2.75) is 31.8 Å². The molecule has 2 N–H and O–H groups in total. The Balaban J connectivity index is 1.24. The highest BCUT2D eigenvalue weighted by Gasteiger charge is 2.63. The third-order valence-corrected chi connectivity index (χ3v) is 9.37. The third-order valence-electron chi connectivity index (χ3n) is 9.01. The fourth-order valence-electron chi connectivity index (χ4n) is 6.72. The molecule has 0 saturated heterocycles. The largest absolute Gasteiger partial charge is 0.496 e. The molecule has 0 bridgehead atoms. The molecular weight excluding hydrogens is 608 g/mol. The van der Waals surface area contributed by atoms with Gasteiger partial charge in [-0.15, -0.1) is 0 Å².